The van der Waals surface area contributed by atoms with E-state index in [1.165, 1.54) is 51.4 Å². The average molecular weight is 391 g/mol. The minimum absolute atomic E-state index is 0. The van der Waals surface area contributed by atoms with Crippen LogP contribution in [0.15, 0.2) is 0 Å². The van der Waals surface area contributed by atoms with Crippen LogP contribution < -0.4 is 59.1 Å². The van der Waals surface area contributed by atoms with Gasteiger partial charge in [0, 0.05) is 0 Å². The fourth-order valence-electron chi connectivity index (χ4n) is 2.49. The summed E-state index contributed by atoms with van der Waals surface area (Å²) in [5, 5.41) is 0. The average Bonchev–Trinajstić information content (AvgIpc) is 2.58. The van der Waals surface area contributed by atoms with Gasteiger partial charge in [0.05, 0.1) is 26.1 Å². The molecule has 0 rings (SSSR count). The van der Waals surface area contributed by atoms with Gasteiger partial charge < -0.3 is 12.3 Å². The predicted octanol–water partition coefficient (Wildman–Crippen LogP) is -0.193. The number of carbonyl (C=O) groups excluding carboxylic acids is 2. The van der Waals surface area contributed by atoms with Crippen molar-refractivity contribution in [1.82, 2.24) is 0 Å². The summed E-state index contributed by atoms with van der Waals surface area (Å²) in [6.07, 6.45) is 14.3. The Morgan fingerprint density at radius 1 is 0.577 bits per heavy atom. The smallest absolute Gasteiger partial charge is 1.00 e. The number of ether oxygens (including phenoxy) is 2. The minimum atomic E-state index is -0.292. The van der Waals surface area contributed by atoms with Crippen LogP contribution in [-0.4, -0.2) is 25.2 Å². The van der Waals surface area contributed by atoms with Crippen molar-refractivity contribution in [2.24, 2.45) is 0 Å². The zero-order chi connectivity index (χ0) is 17.9. The monoisotopic (exact) mass is 390 g/mol. The van der Waals surface area contributed by atoms with E-state index in [1.807, 2.05) is 0 Å². The van der Waals surface area contributed by atoms with Gasteiger partial charge in [0.25, 0.3) is 0 Å². The van der Waals surface area contributed by atoms with Crippen LogP contribution in [0.4, 0.5) is 0 Å². The summed E-state index contributed by atoms with van der Waals surface area (Å²) >= 11 is 0. The zero-order valence-corrected chi connectivity index (χ0v) is 21.9. The number of hydrogen-bond acceptors (Lipinski definition) is 4. The first-order valence-electron chi connectivity index (χ1n) is 10.0. The SMILES string of the molecule is CCCCCCCCOC(=O)CCC(=O)OCCCCCCCC.[H-].[H-].[Na+].[Na+]. The van der Waals surface area contributed by atoms with Gasteiger partial charge in [0.15, 0.2) is 0 Å². The van der Waals surface area contributed by atoms with Crippen molar-refractivity contribution in [3.8, 4) is 0 Å². The molecule has 0 aromatic carbocycles. The number of carbonyl (C=O) groups is 2. The fraction of sp³-hybridized carbons (Fsp3) is 0.900. The zero-order valence-electron chi connectivity index (χ0n) is 19.9. The van der Waals surface area contributed by atoms with E-state index in [0.29, 0.717) is 13.2 Å². The second kappa shape index (κ2) is 25.9. The second-order valence-electron chi connectivity index (χ2n) is 6.48. The Morgan fingerprint density at radius 2 is 0.885 bits per heavy atom. The van der Waals surface area contributed by atoms with Gasteiger partial charge in [-0.05, 0) is 12.8 Å². The molecule has 0 aliphatic heterocycles. The van der Waals surface area contributed by atoms with Gasteiger partial charge in [0.1, 0.15) is 0 Å². The summed E-state index contributed by atoms with van der Waals surface area (Å²) in [7, 11) is 0. The Labute approximate surface area is 208 Å². The standard InChI is InChI=1S/C20H38O4.2Na.2H/c1-3-5-7-9-11-13-17-23-19(21)15-16-20(22)24-18-14-12-10-8-6-4-2;;;;/h3-18H2,1-2H3;;;;/q;2*+1;2*-1. The third kappa shape index (κ3) is 24.9. The van der Waals surface area contributed by atoms with Crippen LogP contribution in [0.2, 0.25) is 0 Å². The van der Waals surface area contributed by atoms with Crippen LogP contribution in [0, 0.1) is 0 Å². The molecule has 0 amide bonds. The Balaban J connectivity index is -0.000000441. The molecule has 0 atom stereocenters. The molecule has 0 saturated carbocycles. The maximum atomic E-state index is 11.5. The van der Waals surface area contributed by atoms with Crippen molar-refractivity contribution in [2.45, 2.75) is 104 Å². The number of rotatable bonds is 17. The third-order valence-electron chi connectivity index (χ3n) is 4.06. The number of unbranched alkanes of at least 4 members (excludes halogenated alkanes) is 10. The van der Waals surface area contributed by atoms with Gasteiger partial charge in [-0.1, -0.05) is 78.1 Å². The Morgan fingerprint density at radius 3 is 1.23 bits per heavy atom. The first-order chi connectivity index (χ1) is 11.7. The molecule has 0 aliphatic rings. The van der Waals surface area contributed by atoms with Gasteiger partial charge in [-0.2, -0.15) is 0 Å². The van der Waals surface area contributed by atoms with E-state index in [2.05, 4.69) is 13.8 Å². The van der Waals surface area contributed by atoms with Gasteiger partial charge in [-0.15, -0.1) is 0 Å². The molecular weight excluding hydrogens is 350 g/mol. The molecule has 4 nitrogen and oxygen atoms in total. The molecule has 0 unspecified atom stereocenters. The molecule has 0 spiro atoms. The summed E-state index contributed by atoms with van der Waals surface area (Å²) in [6, 6.07) is 0. The largest absolute Gasteiger partial charge is 1.00 e. The molecular formula is C20H40Na2O4. The molecule has 0 N–H and O–H groups in total. The first kappa shape index (κ1) is 31.6. The van der Waals surface area contributed by atoms with Crippen LogP contribution in [0.25, 0.3) is 0 Å². The van der Waals surface area contributed by atoms with E-state index >= 15 is 0 Å². The summed E-state index contributed by atoms with van der Waals surface area (Å²) in [6.45, 7) is 5.33. The molecule has 26 heavy (non-hydrogen) atoms. The van der Waals surface area contributed by atoms with Crippen LogP contribution in [0.5, 0.6) is 0 Å². The summed E-state index contributed by atoms with van der Waals surface area (Å²) in [5.74, 6) is -0.583. The number of hydrogen-bond donors (Lipinski definition) is 0. The van der Waals surface area contributed by atoms with E-state index in [4.69, 9.17) is 9.47 Å². The molecule has 0 aromatic heterocycles. The van der Waals surface area contributed by atoms with E-state index in [1.54, 1.807) is 0 Å². The topological polar surface area (TPSA) is 52.6 Å². The van der Waals surface area contributed by atoms with Crippen LogP contribution >= 0.6 is 0 Å². The van der Waals surface area contributed by atoms with Crippen molar-refractivity contribution in [3.63, 3.8) is 0 Å². The maximum Gasteiger partial charge on any atom is 1.00 e. The molecule has 0 aromatic rings. The Hall–Kier alpha value is 0.940. The van der Waals surface area contributed by atoms with Crippen LogP contribution in [-0.2, 0) is 19.1 Å². The fourth-order valence-corrected chi connectivity index (χ4v) is 2.49. The molecule has 6 heteroatoms. The molecule has 0 aliphatic carbocycles. The molecule has 146 valence electrons. The van der Waals surface area contributed by atoms with Crippen LogP contribution in [0.3, 0.4) is 0 Å². The number of esters is 2. The van der Waals surface area contributed by atoms with E-state index in [9.17, 15) is 9.59 Å². The first-order valence-corrected chi connectivity index (χ1v) is 10.0. The van der Waals surface area contributed by atoms with Crippen LogP contribution in [0.1, 0.15) is 107 Å². The minimum Gasteiger partial charge on any atom is -1.00 e. The molecule has 0 bridgehead atoms. The molecule has 0 heterocycles. The third-order valence-corrected chi connectivity index (χ3v) is 4.06. The summed E-state index contributed by atoms with van der Waals surface area (Å²) in [4.78, 5) is 23.1. The van der Waals surface area contributed by atoms with E-state index in [0.717, 1.165) is 25.7 Å². The van der Waals surface area contributed by atoms with Crippen molar-refractivity contribution < 1.29 is 81.0 Å². The molecule has 0 fully saturated rings. The predicted molar refractivity (Wildman–Crippen MR) is 100 cm³/mol. The van der Waals surface area contributed by atoms with Gasteiger partial charge >= 0.3 is 71.1 Å². The van der Waals surface area contributed by atoms with E-state index in [-0.39, 0.29) is 86.7 Å². The second-order valence-corrected chi connectivity index (χ2v) is 6.48. The van der Waals surface area contributed by atoms with Crippen molar-refractivity contribution in [2.75, 3.05) is 13.2 Å². The molecule has 0 saturated heterocycles. The summed E-state index contributed by atoms with van der Waals surface area (Å²) in [5.41, 5.74) is 0. The van der Waals surface area contributed by atoms with Crippen molar-refractivity contribution >= 4 is 11.9 Å². The van der Waals surface area contributed by atoms with Gasteiger partial charge in [-0.25, -0.2) is 0 Å². The van der Waals surface area contributed by atoms with Gasteiger partial charge in [0.2, 0.25) is 0 Å². The molecule has 0 radical (unpaired) electrons. The Kier molecular flexibility index (Phi) is 31.6. The maximum absolute atomic E-state index is 11.5. The quantitative estimate of drug-likeness (QED) is 0.196. The van der Waals surface area contributed by atoms with Gasteiger partial charge in [-0.3, -0.25) is 9.59 Å². The summed E-state index contributed by atoms with van der Waals surface area (Å²) < 4.78 is 10.3. The normalized spacial score (nSPS) is 9.77. The van der Waals surface area contributed by atoms with E-state index < -0.39 is 0 Å². The van der Waals surface area contributed by atoms with Crippen molar-refractivity contribution in [3.05, 3.63) is 0 Å². The Bertz CT molecular complexity index is 293. The van der Waals surface area contributed by atoms with Crippen molar-refractivity contribution in [1.29, 1.82) is 0 Å².